The molecule has 0 fully saturated rings. The number of nitrogens with zero attached hydrogens (tertiary/aromatic N) is 3. The van der Waals surface area contributed by atoms with Crippen LogP contribution in [0, 0.1) is 11.6 Å². The van der Waals surface area contributed by atoms with E-state index in [1.165, 1.54) is 23.8 Å². The summed E-state index contributed by atoms with van der Waals surface area (Å²) in [4.78, 5) is 48.3. The molecule has 2 aromatic heterocycles. The van der Waals surface area contributed by atoms with E-state index in [2.05, 4.69) is 15.6 Å². The van der Waals surface area contributed by atoms with Gasteiger partial charge >= 0.3 is 11.7 Å². The molecule has 0 unspecified atom stereocenters. The van der Waals surface area contributed by atoms with Gasteiger partial charge in [0.25, 0.3) is 5.56 Å². The van der Waals surface area contributed by atoms with Crippen LogP contribution in [0.1, 0.15) is 11.1 Å². The fraction of sp³-hybridized carbons (Fsp3) is 0.242. The minimum atomic E-state index is -0.826. The monoisotopic (exact) mass is 679 g/mol. The highest BCUT2D eigenvalue weighted by molar-refractivity contribution is 7.22. The van der Waals surface area contributed by atoms with Gasteiger partial charge in [-0.1, -0.05) is 18.2 Å². The Morgan fingerprint density at radius 1 is 1.00 bits per heavy atom. The number of hydrogen-bond acceptors (Lipinski definition) is 9. The lowest BCUT2D eigenvalue weighted by molar-refractivity contribution is 0.114. The molecule has 0 saturated carbocycles. The highest BCUT2D eigenvalue weighted by atomic mass is 32.1. The number of ether oxygens (including phenoxy) is 3. The van der Waals surface area contributed by atoms with E-state index in [1.807, 2.05) is 11.9 Å². The molecule has 12 nitrogen and oxygen atoms in total. The van der Waals surface area contributed by atoms with E-state index in [4.69, 9.17) is 14.2 Å². The molecular formula is C33H31F2N5O7S. The molecule has 0 atom stereocenters. The summed E-state index contributed by atoms with van der Waals surface area (Å²) in [5.41, 5.74) is 2.44. The van der Waals surface area contributed by atoms with Gasteiger partial charge in [-0.2, -0.15) is 0 Å². The van der Waals surface area contributed by atoms with Gasteiger partial charge in [0.2, 0.25) is 6.79 Å². The zero-order valence-electron chi connectivity index (χ0n) is 26.2. The SMILES string of the molecule is COCCN(C)Cc1c(-c2ccc(NC(=O)NOC)cc2)sc2c1c(=O)n(-c1ccc3c(c1)OCO3)c(=O)n2Cc1c(F)cccc1F. The van der Waals surface area contributed by atoms with Crippen LogP contribution in [-0.2, 0) is 22.7 Å². The van der Waals surface area contributed by atoms with Gasteiger partial charge in [-0.25, -0.2) is 28.4 Å². The fourth-order valence-corrected chi connectivity index (χ4v) is 6.74. The number of halogens is 2. The molecule has 2 N–H and O–H groups in total. The molecule has 48 heavy (non-hydrogen) atoms. The lowest BCUT2D eigenvalue weighted by Crippen LogP contribution is -2.39. The van der Waals surface area contributed by atoms with E-state index < -0.39 is 35.5 Å². The fourth-order valence-electron chi connectivity index (χ4n) is 5.44. The maximum atomic E-state index is 15.0. The van der Waals surface area contributed by atoms with E-state index in [9.17, 15) is 14.4 Å². The van der Waals surface area contributed by atoms with E-state index in [-0.39, 0.29) is 34.8 Å². The summed E-state index contributed by atoms with van der Waals surface area (Å²) in [6, 6.07) is 14.5. The Morgan fingerprint density at radius 2 is 1.73 bits per heavy atom. The Labute approximate surface area is 276 Å². The van der Waals surface area contributed by atoms with Crippen LogP contribution in [0.5, 0.6) is 11.5 Å². The molecule has 0 spiro atoms. The minimum absolute atomic E-state index is 0.0132. The number of thiophene rings is 1. The highest BCUT2D eigenvalue weighted by Crippen LogP contribution is 2.39. The highest BCUT2D eigenvalue weighted by Gasteiger charge is 2.26. The number of carbonyl (C=O) groups excluding carboxylic acids is 1. The predicted octanol–water partition coefficient (Wildman–Crippen LogP) is 4.70. The first-order valence-electron chi connectivity index (χ1n) is 14.7. The normalized spacial score (nSPS) is 12.2. The molecule has 0 saturated heterocycles. The second-order valence-corrected chi connectivity index (χ2v) is 11.9. The van der Waals surface area contributed by atoms with E-state index in [1.54, 1.807) is 43.5 Å². The zero-order chi connectivity index (χ0) is 33.9. The molecule has 0 radical (unpaired) electrons. The Morgan fingerprint density at radius 3 is 2.44 bits per heavy atom. The number of nitrogens with one attached hydrogen (secondary N) is 2. The van der Waals surface area contributed by atoms with Gasteiger partial charge in [-0.05, 0) is 54.6 Å². The van der Waals surface area contributed by atoms with Crippen molar-refractivity contribution in [2.75, 3.05) is 46.5 Å². The molecule has 3 aromatic carbocycles. The summed E-state index contributed by atoms with van der Waals surface area (Å²) in [5, 5.41) is 2.86. The molecular weight excluding hydrogens is 648 g/mol. The molecule has 15 heteroatoms. The van der Waals surface area contributed by atoms with Gasteiger partial charge in [0, 0.05) is 42.4 Å². The first-order valence-corrected chi connectivity index (χ1v) is 15.5. The van der Waals surface area contributed by atoms with Crippen molar-refractivity contribution in [3.8, 4) is 27.6 Å². The molecule has 2 amide bonds. The minimum Gasteiger partial charge on any atom is -0.454 e. The number of likely N-dealkylation sites (N-methyl/N-ethyl adjacent to an activating group) is 1. The van der Waals surface area contributed by atoms with Crippen molar-refractivity contribution in [3.05, 3.63) is 104 Å². The topological polar surface area (TPSA) is 125 Å². The Hall–Kier alpha value is -5.09. The number of anilines is 1. The van der Waals surface area contributed by atoms with Gasteiger partial charge in [-0.15, -0.1) is 11.3 Å². The van der Waals surface area contributed by atoms with E-state index in [0.29, 0.717) is 46.3 Å². The molecule has 1 aliphatic rings. The van der Waals surface area contributed by atoms with Crippen molar-refractivity contribution < 1.29 is 32.6 Å². The van der Waals surface area contributed by atoms with Crippen molar-refractivity contribution >= 4 is 33.3 Å². The Bertz CT molecular complexity index is 2090. The number of carbonyl (C=O) groups is 1. The number of hydrogen-bond donors (Lipinski definition) is 2. The maximum absolute atomic E-state index is 15.0. The number of amides is 2. The Balaban J connectivity index is 1.60. The second kappa shape index (κ2) is 13.9. The summed E-state index contributed by atoms with van der Waals surface area (Å²) in [6.07, 6.45) is 0. The number of fused-ring (bicyclic) bond motifs is 2. The third kappa shape index (κ3) is 6.40. The van der Waals surface area contributed by atoms with Crippen LogP contribution in [-0.4, -0.2) is 61.3 Å². The summed E-state index contributed by atoms with van der Waals surface area (Å²) in [6.45, 7) is 0.741. The third-order valence-electron chi connectivity index (χ3n) is 7.77. The third-order valence-corrected chi connectivity index (χ3v) is 9.07. The van der Waals surface area contributed by atoms with Gasteiger partial charge in [-0.3, -0.25) is 19.1 Å². The molecule has 250 valence electrons. The van der Waals surface area contributed by atoms with Gasteiger partial charge in [0.05, 0.1) is 31.3 Å². The van der Waals surface area contributed by atoms with Crippen molar-refractivity contribution in [1.29, 1.82) is 0 Å². The zero-order valence-corrected chi connectivity index (χ0v) is 27.0. The van der Waals surface area contributed by atoms with Crippen LogP contribution in [0.4, 0.5) is 19.3 Å². The standard InChI is InChI=1S/C33H31F2N5O7S/c1-38(13-14-44-2)16-23-28-30(41)40(21-11-12-26-27(15-21)47-18-46-26)33(43)39(17-22-24(34)5-4-6-25(22)35)31(28)48-29(23)19-7-9-20(10-8-19)36-32(42)37-45-3/h4-12,15H,13-14,16-18H2,1-3H3,(H2,36,37,42). The lowest BCUT2D eigenvalue weighted by atomic mass is 10.1. The molecule has 5 aromatic rings. The quantitative estimate of drug-likeness (QED) is 0.193. The second-order valence-electron chi connectivity index (χ2n) is 10.9. The number of urea groups is 1. The number of benzene rings is 3. The van der Waals surface area contributed by atoms with Crippen LogP contribution in [0.3, 0.4) is 0 Å². The van der Waals surface area contributed by atoms with Crippen LogP contribution >= 0.6 is 11.3 Å². The van der Waals surface area contributed by atoms with Crippen molar-refractivity contribution in [2.45, 2.75) is 13.1 Å². The summed E-state index contributed by atoms with van der Waals surface area (Å²) < 4.78 is 48.4. The predicted molar refractivity (Wildman–Crippen MR) is 176 cm³/mol. The molecule has 1 aliphatic heterocycles. The summed E-state index contributed by atoms with van der Waals surface area (Å²) in [5.74, 6) is -0.845. The van der Waals surface area contributed by atoms with Gasteiger partial charge in [0.15, 0.2) is 11.5 Å². The number of hydroxylamine groups is 1. The van der Waals surface area contributed by atoms with Crippen molar-refractivity contribution in [2.24, 2.45) is 0 Å². The average molecular weight is 680 g/mol. The summed E-state index contributed by atoms with van der Waals surface area (Å²) in [7, 11) is 4.77. The largest absolute Gasteiger partial charge is 0.454 e. The number of methoxy groups -OCH3 is 1. The number of aromatic nitrogens is 2. The van der Waals surface area contributed by atoms with Crippen LogP contribution in [0.2, 0.25) is 0 Å². The van der Waals surface area contributed by atoms with Crippen LogP contribution < -0.4 is 31.5 Å². The van der Waals surface area contributed by atoms with Crippen LogP contribution in [0.25, 0.3) is 26.3 Å². The smallest absolute Gasteiger partial charge is 0.343 e. The summed E-state index contributed by atoms with van der Waals surface area (Å²) >= 11 is 1.16. The van der Waals surface area contributed by atoms with Gasteiger partial charge in [0.1, 0.15) is 16.5 Å². The number of rotatable bonds is 11. The lowest BCUT2D eigenvalue weighted by Gasteiger charge is -2.18. The van der Waals surface area contributed by atoms with Crippen molar-refractivity contribution in [1.82, 2.24) is 19.5 Å². The van der Waals surface area contributed by atoms with E-state index >= 15 is 8.78 Å². The van der Waals surface area contributed by atoms with Gasteiger partial charge < -0.3 is 19.5 Å². The van der Waals surface area contributed by atoms with Crippen molar-refractivity contribution in [3.63, 3.8) is 0 Å². The average Bonchev–Trinajstić information content (AvgIpc) is 3.68. The van der Waals surface area contributed by atoms with Crippen LogP contribution in [0.15, 0.2) is 70.3 Å². The maximum Gasteiger partial charge on any atom is 0.343 e. The van der Waals surface area contributed by atoms with E-state index in [0.717, 1.165) is 28.0 Å². The molecule has 0 aliphatic carbocycles. The molecule has 6 rings (SSSR count). The molecule has 0 bridgehead atoms. The molecule has 3 heterocycles. The first-order chi connectivity index (χ1) is 23.2. The Kier molecular flexibility index (Phi) is 9.54. The first kappa shape index (κ1) is 32.8.